The van der Waals surface area contributed by atoms with Gasteiger partial charge in [-0.15, -0.1) is 17.9 Å². The van der Waals surface area contributed by atoms with Crippen LogP contribution in [0, 0.1) is 19.8 Å². The minimum absolute atomic E-state index is 0.0204. The first-order valence-corrected chi connectivity index (χ1v) is 11.8. The summed E-state index contributed by atoms with van der Waals surface area (Å²) in [5, 5.41) is 1.16. The molecule has 0 N–H and O–H groups in total. The molecular formula is C25H30N4O2S. The van der Waals surface area contributed by atoms with E-state index in [1.54, 1.807) is 30.8 Å². The fraction of sp³-hybridized carbons (Fsp3) is 0.400. The number of hydrogen-bond donors (Lipinski definition) is 0. The molecule has 0 saturated carbocycles. The molecule has 0 spiro atoms. The molecule has 0 aliphatic carbocycles. The van der Waals surface area contributed by atoms with E-state index in [9.17, 15) is 4.79 Å². The number of fused-ring (bicyclic) bond motifs is 1. The van der Waals surface area contributed by atoms with Crippen LogP contribution < -0.4 is 9.64 Å². The fourth-order valence-corrected chi connectivity index (χ4v) is 5.33. The Kier molecular flexibility index (Phi) is 6.74. The molecule has 3 heterocycles. The van der Waals surface area contributed by atoms with Crippen LogP contribution in [0.2, 0.25) is 0 Å². The van der Waals surface area contributed by atoms with Gasteiger partial charge in [0, 0.05) is 37.0 Å². The van der Waals surface area contributed by atoms with Crippen LogP contribution in [0.5, 0.6) is 5.75 Å². The van der Waals surface area contributed by atoms with Crippen LogP contribution in [0.1, 0.15) is 28.8 Å². The molecule has 1 amide bonds. The van der Waals surface area contributed by atoms with E-state index in [2.05, 4.69) is 35.3 Å². The molecule has 32 heavy (non-hydrogen) atoms. The Morgan fingerprint density at radius 3 is 2.62 bits per heavy atom. The number of aryl methyl sites for hydroxylation is 2. The van der Waals surface area contributed by atoms with Gasteiger partial charge in [-0.1, -0.05) is 18.2 Å². The summed E-state index contributed by atoms with van der Waals surface area (Å²) in [4.78, 5) is 29.0. The number of ether oxygens (including phenoxy) is 1. The van der Waals surface area contributed by atoms with Gasteiger partial charge < -0.3 is 14.5 Å². The Bertz CT molecular complexity index is 1100. The Labute approximate surface area is 193 Å². The normalized spacial score (nSPS) is 14.5. The summed E-state index contributed by atoms with van der Waals surface area (Å²) in [5.41, 5.74) is 2.35. The lowest BCUT2D eigenvalue weighted by Gasteiger charge is -2.35. The van der Waals surface area contributed by atoms with Crippen molar-refractivity contribution in [2.24, 2.45) is 5.92 Å². The molecule has 0 radical (unpaired) electrons. The van der Waals surface area contributed by atoms with Crippen molar-refractivity contribution in [2.45, 2.75) is 33.2 Å². The van der Waals surface area contributed by atoms with Crippen LogP contribution in [0.3, 0.4) is 0 Å². The van der Waals surface area contributed by atoms with Crippen LogP contribution in [0.25, 0.3) is 10.2 Å². The topological polar surface area (TPSA) is 58.6 Å². The van der Waals surface area contributed by atoms with E-state index >= 15 is 0 Å². The molecule has 168 valence electrons. The first kappa shape index (κ1) is 22.3. The zero-order chi connectivity index (χ0) is 22.7. The van der Waals surface area contributed by atoms with Crippen molar-refractivity contribution in [3.63, 3.8) is 0 Å². The Hall–Kier alpha value is -2.93. The number of rotatable bonds is 7. The molecule has 6 nitrogen and oxygen atoms in total. The van der Waals surface area contributed by atoms with Crippen LogP contribution in [-0.4, -0.2) is 47.5 Å². The van der Waals surface area contributed by atoms with Crippen LogP contribution in [0.4, 0.5) is 5.82 Å². The maximum atomic E-state index is 13.3. The second-order valence-corrected chi connectivity index (χ2v) is 9.48. The lowest BCUT2D eigenvalue weighted by atomic mass is 9.94. The summed E-state index contributed by atoms with van der Waals surface area (Å²) in [6.45, 7) is 10.9. The number of amides is 1. The standard InChI is InChI=1S/C25H30N4O2S/c1-5-12-29(15-19-6-8-21(31-4)9-7-19)25(30)20-10-13-28(14-11-20)23-22-17(2)18(3)32-24(22)27-16-26-23/h5-9,16,20H,1,10-15H2,2-4H3. The molecule has 3 aromatic rings. The van der Waals surface area contributed by atoms with E-state index in [0.717, 1.165) is 53.3 Å². The quantitative estimate of drug-likeness (QED) is 0.486. The molecule has 1 aromatic carbocycles. The molecule has 0 bridgehead atoms. The average molecular weight is 451 g/mol. The molecule has 0 atom stereocenters. The van der Waals surface area contributed by atoms with Crippen LogP contribution in [-0.2, 0) is 11.3 Å². The predicted molar refractivity (Wildman–Crippen MR) is 130 cm³/mol. The van der Waals surface area contributed by atoms with E-state index in [-0.39, 0.29) is 11.8 Å². The second-order valence-electron chi connectivity index (χ2n) is 8.28. The van der Waals surface area contributed by atoms with Gasteiger partial charge >= 0.3 is 0 Å². The molecule has 1 saturated heterocycles. The predicted octanol–water partition coefficient (Wildman–Crippen LogP) is 4.75. The summed E-state index contributed by atoms with van der Waals surface area (Å²) in [6, 6.07) is 7.88. The Morgan fingerprint density at radius 1 is 1.25 bits per heavy atom. The number of benzene rings is 1. The van der Waals surface area contributed by atoms with Crippen LogP contribution in [0.15, 0.2) is 43.2 Å². The van der Waals surface area contributed by atoms with Crippen molar-refractivity contribution < 1.29 is 9.53 Å². The first-order chi connectivity index (χ1) is 15.5. The highest BCUT2D eigenvalue weighted by Gasteiger charge is 2.30. The molecule has 0 unspecified atom stereocenters. The number of aromatic nitrogens is 2. The van der Waals surface area contributed by atoms with E-state index in [1.807, 2.05) is 29.2 Å². The van der Waals surface area contributed by atoms with E-state index < -0.39 is 0 Å². The van der Waals surface area contributed by atoms with Gasteiger partial charge in [-0.3, -0.25) is 4.79 Å². The van der Waals surface area contributed by atoms with Crippen molar-refractivity contribution in [2.75, 3.05) is 31.6 Å². The minimum atomic E-state index is 0.0204. The smallest absolute Gasteiger partial charge is 0.226 e. The minimum Gasteiger partial charge on any atom is -0.497 e. The Balaban J connectivity index is 1.44. The summed E-state index contributed by atoms with van der Waals surface area (Å²) >= 11 is 1.72. The Morgan fingerprint density at radius 2 is 1.97 bits per heavy atom. The highest BCUT2D eigenvalue weighted by molar-refractivity contribution is 7.18. The molecular weight excluding hydrogens is 420 g/mol. The third-order valence-corrected chi connectivity index (χ3v) is 7.40. The van der Waals surface area contributed by atoms with E-state index in [0.29, 0.717) is 13.1 Å². The lowest BCUT2D eigenvalue weighted by Crippen LogP contribution is -2.42. The number of nitrogens with zero attached hydrogens (tertiary/aromatic N) is 4. The van der Waals surface area contributed by atoms with Gasteiger partial charge in [-0.05, 0) is 49.9 Å². The van der Waals surface area contributed by atoms with Gasteiger partial charge in [0.1, 0.15) is 22.7 Å². The van der Waals surface area contributed by atoms with Crippen molar-refractivity contribution in [3.05, 3.63) is 59.3 Å². The van der Waals surface area contributed by atoms with Crippen LogP contribution >= 0.6 is 11.3 Å². The first-order valence-electron chi connectivity index (χ1n) is 11.0. The van der Waals surface area contributed by atoms with E-state index in [1.165, 1.54) is 10.4 Å². The average Bonchev–Trinajstić information content (AvgIpc) is 3.12. The third kappa shape index (κ3) is 4.48. The summed E-state index contributed by atoms with van der Waals surface area (Å²) < 4.78 is 5.24. The second kappa shape index (κ2) is 9.69. The molecule has 2 aromatic heterocycles. The molecule has 4 rings (SSSR count). The van der Waals surface area contributed by atoms with Crippen molar-refractivity contribution in [3.8, 4) is 5.75 Å². The maximum absolute atomic E-state index is 13.3. The van der Waals surface area contributed by atoms with Crippen molar-refractivity contribution in [1.29, 1.82) is 0 Å². The van der Waals surface area contributed by atoms with Crippen molar-refractivity contribution >= 4 is 33.3 Å². The zero-order valence-corrected chi connectivity index (χ0v) is 19.8. The SMILES string of the molecule is C=CCN(Cc1ccc(OC)cc1)C(=O)C1CCN(c2ncnc3sc(C)c(C)c23)CC1. The third-order valence-electron chi connectivity index (χ3n) is 6.28. The number of hydrogen-bond acceptors (Lipinski definition) is 6. The van der Waals surface area contributed by atoms with Gasteiger partial charge in [0.25, 0.3) is 0 Å². The van der Waals surface area contributed by atoms with Gasteiger partial charge in [0.2, 0.25) is 5.91 Å². The molecule has 7 heteroatoms. The molecule has 1 aliphatic rings. The van der Waals surface area contributed by atoms with Gasteiger partial charge in [0.15, 0.2) is 0 Å². The highest BCUT2D eigenvalue weighted by Crippen LogP contribution is 2.35. The van der Waals surface area contributed by atoms with Gasteiger partial charge in [-0.25, -0.2) is 9.97 Å². The maximum Gasteiger partial charge on any atom is 0.226 e. The number of thiophene rings is 1. The number of carbonyl (C=O) groups is 1. The van der Waals surface area contributed by atoms with Gasteiger partial charge in [-0.2, -0.15) is 0 Å². The fourth-order valence-electron chi connectivity index (χ4n) is 4.34. The molecule has 1 fully saturated rings. The van der Waals surface area contributed by atoms with Crippen molar-refractivity contribution in [1.82, 2.24) is 14.9 Å². The monoisotopic (exact) mass is 450 g/mol. The highest BCUT2D eigenvalue weighted by atomic mass is 32.1. The number of methoxy groups -OCH3 is 1. The number of piperidine rings is 1. The largest absolute Gasteiger partial charge is 0.497 e. The summed E-state index contributed by atoms with van der Waals surface area (Å²) in [6.07, 6.45) is 5.10. The lowest BCUT2D eigenvalue weighted by molar-refractivity contribution is -0.136. The molecule has 1 aliphatic heterocycles. The number of carbonyl (C=O) groups excluding carboxylic acids is 1. The summed E-state index contributed by atoms with van der Waals surface area (Å²) in [5.74, 6) is 2.05. The summed E-state index contributed by atoms with van der Waals surface area (Å²) in [7, 11) is 1.66. The zero-order valence-electron chi connectivity index (χ0n) is 19.0. The number of anilines is 1. The van der Waals surface area contributed by atoms with Gasteiger partial charge in [0.05, 0.1) is 12.5 Å². The van der Waals surface area contributed by atoms with E-state index in [4.69, 9.17) is 4.74 Å².